The summed E-state index contributed by atoms with van der Waals surface area (Å²) in [6.45, 7) is 1.10. The number of rotatable bonds is 11. The summed E-state index contributed by atoms with van der Waals surface area (Å²) in [7, 11) is -3.70. The van der Waals surface area contributed by atoms with Crippen molar-refractivity contribution in [3.8, 4) is 0 Å². The molecule has 0 bridgehead atoms. The molecule has 11 heteroatoms. The number of carbonyl (C=O) groups is 1. The molecule has 3 N–H and O–H groups in total. The van der Waals surface area contributed by atoms with Gasteiger partial charge in [-0.3, -0.25) is 4.40 Å². The Labute approximate surface area is 166 Å². The molecule has 1 aromatic carbocycles. The van der Waals surface area contributed by atoms with E-state index in [-0.39, 0.29) is 10.5 Å². The molecule has 0 spiro atoms. The van der Waals surface area contributed by atoms with E-state index in [1.54, 1.807) is 6.20 Å². The van der Waals surface area contributed by atoms with Crippen LogP contribution >= 0.6 is 11.5 Å². The van der Waals surface area contributed by atoms with Gasteiger partial charge in [-0.25, -0.2) is 22.9 Å². The van der Waals surface area contributed by atoms with Crippen LogP contribution in [0.15, 0.2) is 41.6 Å². The Morgan fingerprint density at radius 1 is 1.18 bits per heavy atom. The zero-order valence-electron chi connectivity index (χ0n) is 15.0. The highest BCUT2D eigenvalue weighted by molar-refractivity contribution is 7.89. The number of carboxylic acid groups (broad SMARTS) is 1. The zero-order chi connectivity index (χ0) is 20.0. The van der Waals surface area contributed by atoms with E-state index >= 15 is 0 Å². The fourth-order valence-electron chi connectivity index (χ4n) is 2.65. The number of sulfonamides is 1. The molecule has 9 nitrogen and oxygen atoms in total. The molecule has 3 rings (SSSR count). The second kappa shape index (κ2) is 9.13. The Balaban J connectivity index is 1.33. The lowest BCUT2D eigenvalue weighted by molar-refractivity contribution is 0.0696. The second-order valence-corrected chi connectivity index (χ2v) is 8.65. The Kier molecular flexibility index (Phi) is 6.60. The maximum Gasteiger partial charge on any atom is 0.335 e. The molecule has 2 heterocycles. The number of imidazole rings is 1. The average molecular weight is 424 g/mol. The van der Waals surface area contributed by atoms with E-state index in [0.717, 1.165) is 42.8 Å². The Morgan fingerprint density at radius 2 is 1.96 bits per heavy atom. The van der Waals surface area contributed by atoms with Crippen molar-refractivity contribution in [2.45, 2.75) is 30.6 Å². The first-order valence-electron chi connectivity index (χ1n) is 8.83. The first-order valence-corrected chi connectivity index (χ1v) is 11.1. The lowest BCUT2D eigenvalue weighted by Crippen LogP contribution is -2.25. The van der Waals surface area contributed by atoms with E-state index in [1.807, 2.05) is 10.6 Å². The maximum atomic E-state index is 12.2. The molecule has 0 radical (unpaired) electrons. The van der Waals surface area contributed by atoms with Gasteiger partial charge in [0.05, 0.1) is 10.5 Å². The number of hydrogen-bond acceptors (Lipinski definition) is 7. The van der Waals surface area contributed by atoms with Crippen LogP contribution in [0.1, 0.15) is 36.0 Å². The fraction of sp³-hybridized carbons (Fsp3) is 0.353. The fourth-order valence-corrected chi connectivity index (χ4v) is 4.44. The molecule has 0 aliphatic heterocycles. The average Bonchev–Trinajstić information content (AvgIpc) is 3.28. The standard InChI is InChI=1S/C17H21N5O4S2/c23-15(24)13-6-5-7-14(12-13)28(25,26)20-9-4-2-1-3-8-18-16-21-27-17-19-10-11-22(16)17/h5-7,10-12,20H,1-4,8-9H2,(H,18,21)(H,23,24). The van der Waals surface area contributed by atoms with Crippen molar-refractivity contribution in [3.63, 3.8) is 0 Å². The molecule has 0 unspecified atom stereocenters. The van der Waals surface area contributed by atoms with Gasteiger partial charge in [0.15, 0.2) is 0 Å². The quantitative estimate of drug-likeness (QED) is 0.404. The summed E-state index contributed by atoms with van der Waals surface area (Å²) in [5.74, 6) is -0.370. The highest BCUT2D eigenvalue weighted by Gasteiger charge is 2.15. The highest BCUT2D eigenvalue weighted by atomic mass is 32.2. The van der Waals surface area contributed by atoms with Crippen molar-refractivity contribution in [1.29, 1.82) is 0 Å². The van der Waals surface area contributed by atoms with Crippen LogP contribution in [0.25, 0.3) is 4.96 Å². The van der Waals surface area contributed by atoms with E-state index in [4.69, 9.17) is 5.11 Å². The van der Waals surface area contributed by atoms with Crippen molar-refractivity contribution >= 4 is 38.4 Å². The predicted octanol–water partition coefficient (Wildman–Crippen LogP) is 2.44. The van der Waals surface area contributed by atoms with Crippen LogP contribution in [0.5, 0.6) is 0 Å². The van der Waals surface area contributed by atoms with Crippen LogP contribution in [-0.4, -0.2) is 46.3 Å². The summed E-state index contributed by atoms with van der Waals surface area (Å²) >= 11 is 1.34. The third-order valence-corrected chi connectivity index (χ3v) is 6.31. The monoisotopic (exact) mass is 423 g/mol. The molecule has 0 aliphatic rings. The molecular formula is C17H21N5O4S2. The van der Waals surface area contributed by atoms with Gasteiger partial charge in [-0.05, 0) is 31.0 Å². The van der Waals surface area contributed by atoms with Gasteiger partial charge < -0.3 is 10.4 Å². The normalized spacial score (nSPS) is 11.7. The zero-order valence-corrected chi connectivity index (χ0v) is 16.7. The molecule has 0 saturated heterocycles. The van der Waals surface area contributed by atoms with Crippen LogP contribution in [-0.2, 0) is 10.0 Å². The first-order chi connectivity index (χ1) is 13.5. The smallest absolute Gasteiger partial charge is 0.335 e. The van der Waals surface area contributed by atoms with Gasteiger partial charge in [-0.1, -0.05) is 18.9 Å². The third-order valence-electron chi connectivity index (χ3n) is 4.12. The van der Waals surface area contributed by atoms with Gasteiger partial charge in [-0.2, -0.15) is 4.37 Å². The number of hydrogen-bond donors (Lipinski definition) is 3. The maximum absolute atomic E-state index is 12.2. The number of fused-ring (bicyclic) bond motifs is 1. The third kappa shape index (κ3) is 5.06. The first kappa shape index (κ1) is 20.2. The molecule has 28 heavy (non-hydrogen) atoms. The minimum atomic E-state index is -3.70. The van der Waals surface area contributed by atoms with Gasteiger partial charge >= 0.3 is 5.97 Å². The van der Waals surface area contributed by atoms with E-state index in [1.165, 1.54) is 29.7 Å². The van der Waals surface area contributed by atoms with Crippen molar-refractivity contribution in [2.75, 3.05) is 18.4 Å². The molecule has 0 atom stereocenters. The van der Waals surface area contributed by atoms with E-state index in [2.05, 4.69) is 19.4 Å². The summed E-state index contributed by atoms with van der Waals surface area (Å²) in [6.07, 6.45) is 7.09. The molecule has 0 aliphatic carbocycles. The second-order valence-electron chi connectivity index (χ2n) is 6.16. The number of anilines is 1. The van der Waals surface area contributed by atoms with Crippen LogP contribution in [0.2, 0.25) is 0 Å². The Hall–Kier alpha value is -2.50. The molecule has 0 amide bonds. The number of unbranched alkanes of at least 4 members (excludes halogenated alkanes) is 3. The summed E-state index contributed by atoms with van der Waals surface area (Å²) in [4.78, 5) is 15.9. The lowest BCUT2D eigenvalue weighted by atomic mass is 10.2. The minimum absolute atomic E-state index is 0.0364. The Bertz CT molecular complexity index is 1040. The van der Waals surface area contributed by atoms with Gasteiger partial charge in [-0.15, -0.1) is 0 Å². The topological polar surface area (TPSA) is 126 Å². The van der Waals surface area contributed by atoms with Gasteiger partial charge in [0, 0.05) is 37.0 Å². The molecule has 150 valence electrons. The van der Waals surface area contributed by atoms with Gasteiger partial charge in [0.25, 0.3) is 0 Å². The number of aromatic nitrogens is 3. The van der Waals surface area contributed by atoms with Crippen molar-refractivity contribution in [1.82, 2.24) is 18.5 Å². The largest absolute Gasteiger partial charge is 0.478 e. The molecule has 0 saturated carbocycles. The summed E-state index contributed by atoms with van der Waals surface area (Å²) in [5, 5.41) is 12.2. The van der Waals surface area contributed by atoms with Crippen molar-refractivity contribution < 1.29 is 18.3 Å². The van der Waals surface area contributed by atoms with Crippen LogP contribution in [0, 0.1) is 0 Å². The molecule has 0 fully saturated rings. The molecule has 3 aromatic rings. The van der Waals surface area contributed by atoms with Gasteiger partial charge in [0.2, 0.25) is 20.9 Å². The SMILES string of the molecule is O=C(O)c1cccc(S(=O)(=O)NCCCCCCNc2nsc3nccn23)c1. The van der Waals surface area contributed by atoms with E-state index < -0.39 is 16.0 Å². The minimum Gasteiger partial charge on any atom is -0.478 e. The highest BCUT2D eigenvalue weighted by Crippen LogP contribution is 2.14. The number of benzene rings is 1. The summed E-state index contributed by atoms with van der Waals surface area (Å²) in [6, 6.07) is 5.33. The van der Waals surface area contributed by atoms with Crippen LogP contribution < -0.4 is 10.0 Å². The van der Waals surface area contributed by atoms with Crippen LogP contribution in [0.3, 0.4) is 0 Å². The van der Waals surface area contributed by atoms with Crippen molar-refractivity contribution in [2.24, 2.45) is 0 Å². The number of nitrogens with one attached hydrogen (secondary N) is 2. The Morgan fingerprint density at radius 3 is 2.75 bits per heavy atom. The van der Waals surface area contributed by atoms with E-state index in [9.17, 15) is 13.2 Å². The summed E-state index contributed by atoms with van der Waals surface area (Å²) in [5.41, 5.74) is -0.0524. The van der Waals surface area contributed by atoms with Gasteiger partial charge in [0.1, 0.15) is 0 Å². The lowest BCUT2D eigenvalue weighted by Gasteiger charge is -2.08. The number of aromatic carboxylic acids is 1. The molecule has 2 aromatic heterocycles. The van der Waals surface area contributed by atoms with E-state index in [0.29, 0.717) is 13.0 Å². The number of carboxylic acids is 1. The predicted molar refractivity (Wildman–Crippen MR) is 106 cm³/mol. The summed E-state index contributed by atoms with van der Waals surface area (Å²) < 4.78 is 33.2. The molecular weight excluding hydrogens is 402 g/mol. The number of nitrogens with zero attached hydrogens (tertiary/aromatic N) is 3. The van der Waals surface area contributed by atoms with Crippen LogP contribution in [0.4, 0.5) is 5.95 Å². The van der Waals surface area contributed by atoms with Crippen molar-refractivity contribution in [3.05, 3.63) is 42.2 Å².